The normalized spacial score (nSPS) is 12.7. The number of aliphatic hydroxyl groups excluding tert-OH is 1. The van der Waals surface area contributed by atoms with E-state index >= 15 is 0 Å². The number of methoxy groups -OCH3 is 1. The second-order valence-corrected chi connectivity index (χ2v) is 5.59. The van der Waals surface area contributed by atoms with E-state index in [0.717, 1.165) is 11.3 Å². The predicted octanol–water partition coefficient (Wildman–Crippen LogP) is 2.12. The second kappa shape index (κ2) is 7.14. The van der Waals surface area contributed by atoms with Crippen molar-refractivity contribution < 1.29 is 19.4 Å². The molecule has 5 nitrogen and oxygen atoms in total. The van der Waals surface area contributed by atoms with E-state index in [4.69, 9.17) is 9.47 Å². The lowest BCUT2D eigenvalue weighted by atomic mass is 10.1. The maximum Gasteiger partial charge on any atom is 0.407 e. The molecule has 1 amide bonds. The van der Waals surface area contributed by atoms with Crippen LogP contribution in [0.15, 0.2) is 24.3 Å². The number of hydrogen-bond donors (Lipinski definition) is 2. The maximum absolute atomic E-state index is 11.4. The minimum atomic E-state index is -0.657. The fourth-order valence-electron chi connectivity index (χ4n) is 1.62. The first-order valence-electron chi connectivity index (χ1n) is 6.58. The van der Waals surface area contributed by atoms with Gasteiger partial charge in [-0.15, -0.1) is 0 Å². The summed E-state index contributed by atoms with van der Waals surface area (Å²) in [5.74, 6) is 0.773. The number of benzene rings is 1. The van der Waals surface area contributed by atoms with E-state index in [1.54, 1.807) is 27.9 Å². The Morgan fingerprint density at radius 3 is 2.40 bits per heavy atom. The third-order valence-electron chi connectivity index (χ3n) is 2.51. The number of carbonyl (C=O) groups excluding carboxylic acids is 1. The van der Waals surface area contributed by atoms with Gasteiger partial charge in [-0.05, 0) is 38.5 Å². The number of aliphatic hydroxyl groups is 1. The molecule has 0 spiro atoms. The zero-order valence-electron chi connectivity index (χ0n) is 12.5. The molecular formula is C15H23NO4. The van der Waals surface area contributed by atoms with Gasteiger partial charge < -0.3 is 19.9 Å². The van der Waals surface area contributed by atoms with Gasteiger partial charge in [-0.3, -0.25) is 0 Å². The van der Waals surface area contributed by atoms with Gasteiger partial charge in [-0.2, -0.15) is 0 Å². The molecule has 0 aliphatic carbocycles. The highest BCUT2D eigenvalue weighted by molar-refractivity contribution is 5.67. The van der Waals surface area contributed by atoms with Crippen molar-refractivity contribution in [3.05, 3.63) is 29.8 Å². The number of carbonyl (C=O) groups is 1. The zero-order valence-corrected chi connectivity index (χ0v) is 12.5. The van der Waals surface area contributed by atoms with E-state index < -0.39 is 17.8 Å². The van der Waals surface area contributed by atoms with E-state index in [-0.39, 0.29) is 6.54 Å². The molecule has 1 aromatic rings. The van der Waals surface area contributed by atoms with Crippen molar-refractivity contribution in [2.45, 2.75) is 38.9 Å². The molecule has 1 rings (SSSR count). The lowest BCUT2D eigenvalue weighted by Crippen LogP contribution is -2.37. The molecule has 2 N–H and O–H groups in total. The van der Waals surface area contributed by atoms with Crippen LogP contribution in [0.4, 0.5) is 4.79 Å². The third kappa shape index (κ3) is 6.43. The van der Waals surface area contributed by atoms with Gasteiger partial charge in [0.1, 0.15) is 11.4 Å². The number of ether oxygens (including phenoxy) is 2. The Hall–Kier alpha value is -1.75. The molecule has 1 unspecified atom stereocenters. The second-order valence-electron chi connectivity index (χ2n) is 5.59. The Morgan fingerprint density at radius 2 is 1.90 bits per heavy atom. The third-order valence-corrected chi connectivity index (χ3v) is 2.51. The van der Waals surface area contributed by atoms with Crippen LogP contribution in [0.1, 0.15) is 26.3 Å². The van der Waals surface area contributed by atoms with Crippen molar-refractivity contribution in [1.82, 2.24) is 5.32 Å². The van der Waals surface area contributed by atoms with Crippen LogP contribution in [0.2, 0.25) is 0 Å². The molecule has 0 aliphatic rings. The minimum Gasteiger partial charge on any atom is -0.497 e. The van der Waals surface area contributed by atoms with Gasteiger partial charge in [-0.25, -0.2) is 4.79 Å². The largest absolute Gasteiger partial charge is 0.497 e. The smallest absolute Gasteiger partial charge is 0.407 e. The summed E-state index contributed by atoms with van der Waals surface area (Å²) in [7, 11) is 1.61. The molecule has 0 aromatic heterocycles. The summed E-state index contributed by atoms with van der Waals surface area (Å²) in [5, 5.41) is 12.4. The fourth-order valence-corrected chi connectivity index (χ4v) is 1.62. The van der Waals surface area contributed by atoms with Crippen LogP contribution in [0.3, 0.4) is 0 Å². The molecule has 112 valence electrons. The first-order valence-corrected chi connectivity index (χ1v) is 6.58. The standard InChI is InChI=1S/C15H23NO4/c1-15(2,3)20-14(18)16-10-12(17)9-11-5-7-13(19-4)8-6-11/h5-8,12,17H,9-10H2,1-4H3,(H,16,18). The number of nitrogens with one attached hydrogen (secondary N) is 1. The van der Waals surface area contributed by atoms with E-state index in [9.17, 15) is 9.90 Å². The lowest BCUT2D eigenvalue weighted by Gasteiger charge is -2.20. The molecular weight excluding hydrogens is 258 g/mol. The number of alkyl carbamates (subject to hydrolysis) is 1. The molecule has 0 heterocycles. The average molecular weight is 281 g/mol. The van der Waals surface area contributed by atoms with Crippen LogP contribution < -0.4 is 10.1 Å². The summed E-state index contributed by atoms with van der Waals surface area (Å²) in [5.41, 5.74) is 0.440. The molecule has 20 heavy (non-hydrogen) atoms. The van der Waals surface area contributed by atoms with E-state index in [2.05, 4.69) is 5.32 Å². The molecule has 5 heteroatoms. The van der Waals surface area contributed by atoms with Crippen molar-refractivity contribution >= 4 is 6.09 Å². The van der Waals surface area contributed by atoms with E-state index in [1.165, 1.54) is 0 Å². The number of rotatable bonds is 5. The Kier molecular flexibility index (Phi) is 5.82. The highest BCUT2D eigenvalue weighted by Gasteiger charge is 2.16. The minimum absolute atomic E-state index is 0.154. The molecule has 1 atom stereocenters. The van der Waals surface area contributed by atoms with Gasteiger partial charge >= 0.3 is 6.09 Å². The quantitative estimate of drug-likeness (QED) is 0.867. The topological polar surface area (TPSA) is 67.8 Å². The van der Waals surface area contributed by atoms with Crippen LogP contribution in [0, 0.1) is 0 Å². The van der Waals surface area contributed by atoms with Crippen LogP contribution >= 0.6 is 0 Å². The van der Waals surface area contributed by atoms with Gasteiger partial charge in [0.2, 0.25) is 0 Å². The molecule has 0 fully saturated rings. The van der Waals surface area contributed by atoms with Crippen molar-refractivity contribution in [2.75, 3.05) is 13.7 Å². The first kappa shape index (κ1) is 16.3. The maximum atomic E-state index is 11.4. The van der Waals surface area contributed by atoms with Crippen LogP contribution in [0.25, 0.3) is 0 Å². The van der Waals surface area contributed by atoms with Gasteiger partial charge in [0.25, 0.3) is 0 Å². The Morgan fingerprint density at radius 1 is 1.30 bits per heavy atom. The van der Waals surface area contributed by atoms with Gasteiger partial charge in [-0.1, -0.05) is 12.1 Å². The Bertz CT molecular complexity index is 422. The summed E-state index contributed by atoms with van der Waals surface area (Å²) < 4.78 is 10.2. The summed E-state index contributed by atoms with van der Waals surface area (Å²) in [4.78, 5) is 11.4. The Labute approximate surface area is 119 Å². The van der Waals surface area contributed by atoms with Crippen molar-refractivity contribution in [3.63, 3.8) is 0 Å². The molecule has 0 saturated carbocycles. The first-order chi connectivity index (χ1) is 9.30. The zero-order chi connectivity index (χ0) is 15.2. The number of hydrogen-bond acceptors (Lipinski definition) is 4. The van der Waals surface area contributed by atoms with Crippen molar-refractivity contribution in [3.8, 4) is 5.75 Å². The fraction of sp³-hybridized carbons (Fsp3) is 0.533. The molecule has 0 saturated heterocycles. The molecule has 0 bridgehead atoms. The molecule has 0 aliphatic heterocycles. The van der Waals surface area contributed by atoms with Crippen molar-refractivity contribution in [2.24, 2.45) is 0 Å². The number of amides is 1. The van der Waals surface area contributed by atoms with E-state index in [0.29, 0.717) is 6.42 Å². The molecule has 1 aromatic carbocycles. The van der Waals surface area contributed by atoms with Gasteiger partial charge in [0, 0.05) is 13.0 Å². The van der Waals surface area contributed by atoms with Gasteiger partial charge in [0.05, 0.1) is 13.2 Å². The summed E-state index contributed by atoms with van der Waals surface area (Å²) in [6.45, 7) is 5.53. The summed E-state index contributed by atoms with van der Waals surface area (Å²) in [6, 6.07) is 7.44. The van der Waals surface area contributed by atoms with Gasteiger partial charge in [0.15, 0.2) is 0 Å². The predicted molar refractivity (Wildman–Crippen MR) is 76.9 cm³/mol. The molecule has 0 radical (unpaired) electrons. The van der Waals surface area contributed by atoms with Crippen molar-refractivity contribution in [1.29, 1.82) is 0 Å². The SMILES string of the molecule is COc1ccc(CC(O)CNC(=O)OC(C)(C)C)cc1. The highest BCUT2D eigenvalue weighted by atomic mass is 16.6. The Balaban J connectivity index is 2.36. The van der Waals surface area contributed by atoms with Crippen LogP contribution in [-0.2, 0) is 11.2 Å². The van der Waals surface area contributed by atoms with E-state index in [1.807, 2.05) is 24.3 Å². The summed E-state index contributed by atoms with van der Waals surface area (Å²) >= 11 is 0. The highest BCUT2D eigenvalue weighted by Crippen LogP contribution is 2.12. The lowest BCUT2D eigenvalue weighted by molar-refractivity contribution is 0.0492. The van der Waals surface area contributed by atoms with Crippen LogP contribution in [0.5, 0.6) is 5.75 Å². The average Bonchev–Trinajstić information content (AvgIpc) is 2.35. The monoisotopic (exact) mass is 281 g/mol. The van der Waals surface area contributed by atoms with Crippen LogP contribution in [-0.4, -0.2) is 36.6 Å². The summed E-state index contributed by atoms with van der Waals surface area (Å²) in [6.07, 6.45) is -0.720.